The summed E-state index contributed by atoms with van der Waals surface area (Å²) in [6.45, 7) is 2.67. The van der Waals surface area contributed by atoms with Gasteiger partial charge in [-0.15, -0.1) is 0 Å². The largest absolute Gasteiger partial charge is 0.469 e. The zero-order valence-electron chi connectivity index (χ0n) is 15.2. The average Bonchev–Trinajstić information content (AvgIpc) is 2.65. The Labute approximate surface area is 149 Å². The fraction of sp³-hybridized carbons (Fsp3) is 0.429. The van der Waals surface area contributed by atoms with E-state index in [0.717, 1.165) is 42.1 Å². The molecule has 25 heavy (non-hydrogen) atoms. The van der Waals surface area contributed by atoms with Gasteiger partial charge in [0.1, 0.15) is 0 Å². The van der Waals surface area contributed by atoms with E-state index >= 15 is 0 Å². The summed E-state index contributed by atoms with van der Waals surface area (Å²) in [6, 6.07) is 14.2. The van der Waals surface area contributed by atoms with E-state index in [-0.39, 0.29) is 11.9 Å². The molecular weight excluding hydrogens is 314 g/mol. The van der Waals surface area contributed by atoms with Crippen molar-refractivity contribution in [1.82, 2.24) is 0 Å². The van der Waals surface area contributed by atoms with Crippen LogP contribution in [0.1, 0.15) is 45.4 Å². The molecule has 4 nitrogen and oxygen atoms in total. The topological polar surface area (TPSA) is 46.6 Å². The van der Waals surface area contributed by atoms with E-state index in [0.29, 0.717) is 19.4 Å². The highest BCUT2D eigenvalue weighted by Gasteiger charge is 2.15. The summed E-state index contributed by atoms with van der Waals surface area (Å²) in [5, 5.41) is 2.26. The molecule has 0 radical (unpaired) electrons. The van der Waals surface area contributed by atoms with Gasteiger partial charge in [0, 0.05) is 24.8 Å². The van der Waals surface area contributed by atoms with E-state index in [4.69, 9.17) is 0 Å². The van der Waals surface area contributed by atoms with Gasteiger partial charge in [0.2, 0.25) is 5.91 Å². The van der Waals surface area contributed by atoms with Crippen LogP contribution in [0.2, 0.25) is 0 Å². The highest BCUT2D eigenvalue weighted by molar-refractivity contribution is 6.03. The molecule has 0 fully saturated rings. The predicted molar refractivity (Wildman–Crippen MR) is 102 cm³/mol. The zero-order valence-corrected chi connectivity index (χ0v) is 15.2. The Balaban J connectivity index is 1.89. The maximum atomic E-state index is 12.7. The second-order valence-corrected chi connectivity index (χ2v) is 6.13. The smallest absolute Gasteiger partial charge is 0.305 e. The Kier molecular flexibility index (Phi) is 7.45. The molecule has 0 saturated carbocycles. The molecule has 0 unspecified atom stereocenters. The molecule has 0 aliphatic carbocycles. The van der Waals surface area contributed by atoms with Gasteiger partial charge in [-0.25, -0.2) is 0 Å². The molecule has 4 heteroatoms. The first kappa shape index (κ1) is 19.0. The summed E-state index contributed by atoms with van der Waals surface area (Å²) in [5.74, 6) is -0.00369. The lowest BCUT2D eigenvalue weighted by atomic mass is 10.1. The minimum absolute atomic E-state index is 0.159. The third-order valence-electron chi connectivity index (χ3n) is 4.42. The molecule has 0 bridgehead atoms. The summed E-state index contributed by atoms with van der Waals surface area (Å²) < 4.78 is 4.63. The first-order valence-corrected chi connectivity index (χ1v) is 9.02. The Morgan fingerprint density at radius 3 is 2.32 bits per heavy atom. The molecule has 2 aromatic carbocycles. The third kappa shape index (κ3) is 5.31. The van der Waals surface area contributed by atoms with Gasteiger partial charge in [0.15, 0.2) is 0 Å². The molecule has 0 aliphatic heterocycles. The van der Waals surface area contributed by atoms with Crippen LogP contribution in [0.4, 0.5) is 5.69 Å². The fourth-order valence-electron chi connectivity index (χ4n) is 3.06. The van der Waals surface area contributed by atoms with E-state index in [2.05, 4.69) is 22.9 Å². The number of benzene rings is 2. The van der Waals surface area contributed by atoms with Crippen molar-refractivity contribution in [2.75, 3.05) is 18.6 Å². The number of amides is 1. The van der Waals surface area contributed by atoms with Crippen molar-refractivity contribution in [3.63, 3.8) is 0 Å². The molecule has 0 N–H and O–H groups in total. The van der Waals surface area contributed by atoms with Gasteiger partial charge in [-0.05, 0) is 31.2 Å². The summed E-state index contributed by atoms with van der Waals surface area (Å²) in [4.78, 5) is 25.6. The van der Waals surface area contributed by atoms with Gasteiger partial charge < -0.3 is 9.64 Å². The van der Waals surface area contributed by atoms with Gasteiger partial charge in [-0.3, -0.25) is 9.59 Å². The Bertz CT molecular complexity index is 706. The number of carbonyl (C=O) groups excluding carboxylic acids is 2. The fourth-order valence-corrected chi connectivity index (χ4v) is 3.06. The van der Waals surface area contributed by atoms with Crippen molar-refractivity contribution in [2.45, 2.75) is 45.4 Å². The van der Waals surface area contributed by atoms with Gasteiger partial charge in [-0.2, -0.15) is 0 Å². The number of methoxy groups -OCH3 is 1. The second-order valence-electron chi connectivity index (χ2n) is 6.13. The summed E-state index contributed by atoms with van der Waals surface area (Å²) in [5.41, 5.74) is 0.983. The lowest BCUT2D eigenvalue weighted by molar-refractivity contribution is -0.140. The molecule has 0 saturated heterocycles. The molecule has 2 aromatic rings. The van der Waals surface area contributed by atoms with Crippen LogP contribution in [0.15, 0.2) is 42.5 Å². The highest BCUT2D eigenvalue weighted by atomic mass is 16.5. The average molecular weight is 341 g/mol. The van der Waals surface area contributed by atoms with Crippen LogP contribution >= 0.6 is 0 Å². The zero-order chi connectivity index (χ0) is 18.1. The number of ether oxygens (including phenoxy) is 1. The minimum atomic E-state index is -0.163. The van der Waals surface area contributed by atoms with E-state index in [1.165, 1.54) is 7.11 Å². The number of carbonyl (C=O) groups is 2. The maximum Gasteiger partial charge on any atom is 0.305 e. The molecule has 0 aromatic heterocycles. The number of nitrogens with zero attached hydrogens (tertiary/aromatic N) is 1. The summed E-state index contributed by atoms with van der Waals surface area (Å²) in [6.07, 6.45) is 4.57. The van der Waals surface area contributed by atoms with Gasteiger partial charge >= 0.3 is 5.97 Å². The van der Waals surface area contributed by atoms with Crippen molar-refractivity contribution in [3.05, 3.63) is 42.5 Å². The molecule has 0 spiro atoms. The Hall–Kier alpha value is -2.36. The SMILES string of the molecule is CCN(C(=O)CCCCCCC(=O)OC)c1cccc2ccccc12. The molecule has 0 heterocycles. The van der Waals surface area contributed by atoms with Crippen LogP contribution in [0, 0.1) is 0 Å². The van der Waals surface area contributed by atoms with Crippen LogP contribution in [0.25, 0.3) is 10.8 Å². The lowest BCUT2D eigenvalue weighted by Crippen LogP contribution is -2.30. The van der Waals surface area contributed by atoms with E-state index in [1.807, 2.05) is 36.1 Å². The molecule has 0 aliphatic rings. The highest BCUT2D eigenvalue weighted by Crippen LogP contribution is 2.27. The van der Waals surface area contributed by atoms with Crippen LogP contribution in [0.3, 0.4) is 0 Å². The van der Waals surface area contributed by atoms with Gasteiger partial charge in [0.05, 0.1) is 12.8 Å². The molecule has 0 atom stereocenters. The number of hydrogen-bond acceptors (Lipinski definition) is 3. The van der Waals surface area contributed by atoms with Crippen molar-refractivity contribution in [3.8, 4) is 0 Å². The van der Waals surface area contributed by atoms with E-state index < -0.39 is 0 Å². The molecular formula is C21H27NO3. The van der Waals surface area contributed by atoms with Gasteiger partial charge in [-0.1, -0.05) is 49.2 Å². The number of hydrogen-bond donors (Lipinski definition) is 0. The number of anilines is 1. The Morgan fingerprint density at radius 1 is 0.920 bits per heavy atom. The number of unbranched alkanes of at least 4 members (excludes halogenated alkanes) is 3. The Morgan fingerprint density at radius 2 is 1.60 bits per heavy atom. The third-order valence-corrected chi connectivity index (χ3v) is 4.42. The predicted octanol–water partition coefficient (Wildman–Crippen LogP) is 4.71. The van der Waals surface area contributed by atoms with Crippen molar-refractivity contribution >= 4 is 28.3 Å². The summed E-state index contributed by atoms with van der Waals surface area (Å²) >= 11 is 0. The number of esters is 1. The van der Waals surface area contributed by atoms with E-state index in [1.54, 1.807) is 0 Å². The molecule has 1 amide bonds. The van der Waals surface area contributed by atoms with Gasteiger partial charge in [0.25, 0.3) is 0 Å². The van der Waals surface area contributed by atoms with Crippen molar-refractivity contribution < 1.29 is 14.3 Å². The second kappa shape index (κ2) is 9.82. The molecule has 2 rings (SSSR count). The number of rotatable bonds is 9. The van der Waals surface area contributed by atoms with E-state index in [9.17, 15) is 9.59 Å². The normalized spacial score (nSPS) is 10.6. The molecule has 134 valence electrons. The van der Waals surface area contributed by atoms with Crippen LogP contribution < -0.4 is 4.90 Å². The van der Waals surface area contributed by atoms with Crippen molar-refractivity contribution in [2.24, 2.45) is 0 Å². The maximum absolute atomic E-state index is 12.7. The number of fused-ring (bicyclic) bond motifs is 1. The van der Waals surface area contributed by atoms with Crippen LogP contribution in [0.5, 0.6) is 0 Å². The van der Waals surface area contributed by atoms with Crippen LogP contribution in [-0.4, -0.2) is 25.5 Å². The standard InChI is InChI=1S/C21H27NO3/c1-3-22(19-14-10-12-17-11-8-9-13-18(17)19)20(23)15-6-4-5-7-16-21(24)25-2/h8-14H,3-7,15-16H2,1-2H3. The van der Waals surface area contributed by atoms with Crippen molar-refractivity contribution in [1.29, 1.82) is 0 Å². The summed E-state index contributed by atoms with van der Waals surface area (Å²) in [7, 11) is 1.41. The first-order chi connectivity index (χ1) is 12.2. The first-order valence-electron chi connectivity index (χ1n) is 9.02. The quantitative estimate of drug-likeness (QED) is 0.490. The monoisotopic (exact) mass is 341 g/mol. The minimum Gasteiger partial charge on any atom is -0.469 e. The van der Waals surface area contributed by atoms with Crippen LogP contribution in [-0.2, 0) is 14.3 Å². The lowest BCUT2D eigenvalue weighted by Gasteiger charge is -2.23.